The summed E-state index contributed by atoms with van der Waals surface area (Å²) in [6, 6.07) is 7.17. The van der Waals surface area contributed by atoms with Gasteiger partial charge in [-0.3, -0.25) is 4.79 Å². The first kappa shape index (κ1) is 12.4. The van der Waals surface area contributed by atoms with E-state index >= 15 is 0 Å². The van der Waals surface area contributed by atoms with Crippen LogP contribution in [0.15, 0.2) is 24.3 Å². The fourth-order valence-corrected chi connectivity index (χ4v) is 1.65. The lowest BCUT2D eigenvalue weighted by molar-refractivity contribution is 0.101. The summed E-state index contributed by atoms with van der Waals surface area (Å²) in [5, 5.41) is 8.85. The van der Waals surface area contributed by atoms with E-state index in [0.717, 1.165) is 12.0 Å². The summed E-state index contributed by atoms with van der Waals surface area (Å²) < 4.78 is 0. The van der Waals surface area contributed by atoms with Crippen LogP contribution >= 0.6 is 0 Å². The van der Waals surface area contributed by atoms with Crippen LogP contribution < -0.4 is 0 Å². The maximum Gasteiger partial charge on any atom is 0.159 e. The number of aliphatic hydroxyl groups is 1. The van der Waals surface area contributed by atoms with Crippen LogP contribution in [0, 0.1) is 35.5 Å². The predicted molar refractivity (Wildman–Crippen MR) is 69.8 cm³/mol. The molecule has 1 aliphatic rings. The van der Waals surface area contributed by atoms with Gasteiger partial charge >= 0.3 is 0 Å². The molecule has 2 nitrogen and oxygen atoms in total. The summed E-state index contributed by atoms with van der Waals surface area (Å²) in [5.41, 5.74) is 1.54. The first-order chi connectivity index (χ1) is 8.70. The lowest BCUT2D eigenvalue weighted by atomic mass is 10.1. The number of hydrogen-bond donors (Lipinski definition) is 1. The van der Waals surface area contributed by atoms with Gasteiger partial charge in [0.05, 0.1) is 0 Å². The fourth-order valence-electron chi connectivity index (χ4n) is 1.65. The minimum absolute atomic E-state index is 0.0538. The van der Waals surface area contributed by atoms with Crippen molar-refractivity contribution >= 4 is 5.78 Å². The molecule has 0 spiro atoms. The van der Waals surface area contributed by atoms with Crippen molar-refractivity contribution < 1.29 is 9.90 Å². The number of carbonyl (C=O) groups excluding carboxylic acids is 1. The van der Waals surface area contributed by atoms with E-state index in [2.05, 4.69) is 23.7 Å². The largest absolute Gasteiger partial charge is 0.396 e. The van der Waals surface area contributed by atoms with Gasteiger partial charge in [-0.05, 0) is 43.2 Å². The zero-order valence-electron chi connectivity index (χ0n) is 10.2. The highest BCUT2D eigenvalue weighted by atomic mass is 16.3. The zero-order valence-corrected chi connectivity index (χ0v) is 10.2. The van der Waals surface area contributed by atoms with E-state index in [1.165, 1.54) is 0 Å². The van der Waals surface area contributed by atoms with Gasteiger partial charge in [0.1, 0.15) is 0 Å². The fraction of sp³-hybridized carbons (Fsp3) is 0.312. The van der Waals surface area contributed by atoms with Crippen molar-refractivity contribution in [2.45, 2.75) is 13.3 Å². The first-order valence-corrected chi connectivity index (χ1v) is 5.94. The highest BCUT2D eigenvalue weighted by molar-refractivity contribution is 5.94. The number of carbonyl (C=O) groups is 1. The number of ketones is 1. The van der Waals surface area contributed by atoms with Gasteiger partial charge in [0.15, 0.2) is 5.78 Å². The minimum Gasteiger partial charge on any atom is -0.396 e. The van der Waals surface area contributed by atoms with Crippen LogP contribution in [0.2, 0.25) is 0 Å². The second kappa shape index (κ2) is 5.54. The van der Waals surface area contributed by atoms with Crippen LogP contribution in [0.1, 0.15) is 29.3 Å². The van der Waals surface area contributed by atoms with Crippen LogP contribution in [0.5, 0.6) is 0 Å². The zero-order chi connectivity index (χ0) is 13.0. The number of aliphatic hydroxyl groups excluding tert-OH is 1. The van der Waals surface area contributed by atoms with Gasteiger partial charge in [-0.1, -0.05) is 24.0 Å². The molecule has 1 fully saturated rings. The quantitative estimate of drug-likeness (QED) is 0.631. The number of hydrogen-bond acceptors (Lipinski definition) is 2. The SMILES string of the molecule is CC(=O)c1ccc(C#CC#CC2C[C@@H]2CO)cc1. The molecule has 0 heterocycles. The maximum atomic E-state index is 11.1. The van der Waals surface area contributed by atoms with Gasteiger partial charge in [-0.25, -0.2) is 0 Å². The Balaban J connectivity index is 1.96. The summed E-state index contributed by atoms with van der Waals surface area (Å²) in [7, 11) is 0. The van der Waals surface area contributed by atoms with Gasteiger partial charge in [0.2, 0.25) is 0 Å². The number of Topliss-reactive ketones (excluding diaryl/α,β-unsaturated/α-hetero) is 1. The van der Waals surface area contributed by atoms with E-state index in [9.17, 15) is 4.79 Å². The highest BCUT2D eigenvalue weighted by Crippen LogP contribution is 2.36. The van der Waals surface area contributed by atoms with E-state index in [1.807, 2.05) is 12.1 Å². The average Bonchev–Trinajstić information content (AvgIpc) is 3.14. The summed E-state index contributed by atoms with van der Waals surface area (Å²) >= 11 is 0. The lowest BCUT2D eigenvalue weighted by Gasteiger charge is -1.93. The predicted octanol–water partition coefficient (Wildman–Crippen LogP) is 1.87. The Morgan fingerprint density at radius 2 is 2.06 bits per heavy atom. The van der Waals surface area contributed by atoms with Crippen molar-refractivity contribution in [2.24, 2.45) is 11.8 Å². The molecular weight excluding hydrogens is 224 g/mol. The van der Waals surface area contributed by atoms with Crippen molar-refractivity contribution in [3.05, 3.63) is 35.4 Å². The maximum absolute atomic E-state index is 11.1. The Morgan fingerprint density at radius 3 is 2.61 bits per heavy atom. The molecule has 0 amide bonds. The molecule has 2 heteroatoms. The third-order valence-corrected chi connectivity index (χ3v) is 2.98. The Labute approximate surface area is 107 Å². The molecule has 1 saturated carbocycles. The van der Waals surface area contributed by atoms with Crippen molar-refractivity contribution in [3.63, 3.8) is 0 Å². The van der Waals surface area contributed by atoms with E-state index in [-0.39, 0.29) is 12.4 Å². The normalized spacial score (nSPS) is 20.1. The Kier molecular flexibility index (Phi) is 3.82. The molecule has 1 N–H and O–H groups in total. The number of benzene rings is 1. The first-order valence-electron chi connectivity index (χ1n) is 5.94. The van der Waals surface area contributed by atoms with Crippen molar-refractivity contribution in [3.8, 4) is 23.7 Å². The molecule has 2 atom stereocenters. The molecule has 1 unspecified atom stereocenters. The molecule has 2 rings (SSSR count). The summed E-state index contributed by atoms with van der Waals surface area (Å²) in [6.45, 7) is 1.76. The Bertz CT molecular complexity index is 561. The molecule has 0 bridgehead atoms. The highest BCUT2D eigenvalue weighted by Gasteiger charge is 2.34. The Hall–Kier alpha value is -2.03. The van der Waals surface area contributed by atoms with Gasteiger partial charge in [-0.2, -0.15) is 0 Å². The molecule has 1 aliphatic carbocycles. The van der Waals surface area contributed by atoms with Crippen LogP contribution in [0.4, 0.5) is 0 Å². The molecule has 18 heavy (non-hydrogen) atoms. The molecule has 1 aromatic carbocycles. The second-order valence-corrected chi connectivity index (χ2v) is 4.44. The van der Waals surface area contributed by atoms with Crippen LogP contribution in [-0.2, 0) is 0 Å². The summed E-state index contributed by atoms with van der Waals surface area (Å²) in [4.78, 5) is 11.1. The molecule has 0 aromatic heterocycles. The standard InChI is InChI=1S/C16H14O2/c1-12(18)14-8-6-13(7-9-14)4-2-3-5-15-10-16(15)11-17/h6-9,15-17H,10-11H2,1H3/t15?,16-/m1/s1. The molecule has 0 radical (unpaired) electrons. The monoisotopic (exact) mass is 238 g/mol. The summed E-state index contributed by atoms with van der Waals surface area (Å²) in [6.07, 6.45) is 0.985. The van der Waals surface area contributed by atoms with Gasteiger partial charge < -0.3 is 5.11 Å². The third-order valence-electron chi connectivity index (χ3n) is 2.98. The Morgan fingerprint density at radius 1 is 1.33 bits per heavy atom. The van der Waals surface area contributed by atoms with Gasteiger partial charge in [-0.15, -0.1) is 0 Å². The molecule has 0 saturated heterocycles. The molecule has 90 valence electrons. The minimum atomic E-state index is 0.0538. The van der Waals surface area contributed by atoms with E-state index < -0.39 is 0 Å². The molecule has 0 aliphatic heterocycles. The topological polar surface area (TPSA) is 37.3 Å². The smallest absolute Gasteiger partial charge is 0.159 e. The summed E-state index contributed by atoms with van der Waals surface area (Å²) in [5.74, 6) is 12.3. The van der Waals surface area contributed by atoms with Crippen LogP contribution in [-0.4, -0.2) is 17.5 Å². The molecular formula is C16H14O2. The third kappa shape index (κ3) is 3.23. The van der Waals surface area contributed by atoms with E-state index in [1.54, 1.807) is 19.1 Å². The van der Waals surface area contributed by atoms with Crippen molar-refractivity contribution in [1.29, 1.82) is 0 Å². The van der Waals surface area contributed by atoms with E-state index in [4.69, 9.17) is 5.11 Å². The van der Waals surface area contributed by atoms with E-state index in [0.29, 0.717) is 17.4 Å². The van der Waals surface area contributed by atoms with Gasteiger partial charge in [0.25, 0.3) is 0 Å². The lowest BCUT2D eigenvalue weighted by Crippen LogP contribution is -1.90. The van der Waals surface area contributed by atoms with Crippen LogP contribution in [0.3, 0.4) is 0 Å². The van der Waals surface area contributed by atoms with Crippen molar-refractivity contribution in [2.75, 3.05) is 6.61 Å². The number of rotatable bonds is 2. The van der Waals surface area contributed by atoms with Crippen molar-refractivity contribution in [1.82, 2.24) is 0 Å². The average molecular weight is 238 g/mol. The van der Waals surface area contributed by atoms with Crippen LogP contribution in [0.25, 0.3) is 0 Å². The van der Waals surface area contributed by atoms with Gasteiger partial charge in [0, 0.05) is 23.7 Å². The second-order valence-electron chi connectivity index (χ2n) is 4.44. The molecule has 1 aromatic rings.